The van der Waals surface area contributed by atoms with E-state index >= 15 is 0 Å². The van der Waals surface area contributed by atoms with Crippen LogP contribution in [-0.2, 0) is 21.2 Å². The predicted molar refractivity (Wildman–Crippen MR) is 110 cm³/mol. The van der Waals surface area contributed by atoms with E-state index < -0.39 is 21.7 Å². The Balaban J connectivity index is 1.80. The number of sulfone groups is 1. The van der Waals surface area contributed by atoms with Crippen molar-refractivity contribution in [2.45, 2.75) is 39.8 Å². The van der Waals surface area contributed by atoms with Crippen LogP contribution >= 0.6 is 0 Å². The van der Waals surface area contributed by atoms with Crippen molar-refractivity contribution >= 4 is 15.7 Å². The molecule has 1 aliphatic heterocycles. The number of hydrogen-bond acceptors (Lipinski definition) is 4. The number of nitrogens with zero attached hydrogens (tertiary/aromatic N) is 1. The van der Waals surface area contributed by atoms with Gasteiger partial charge in [-0.1, -0.05) is 35.9 Å². The number of halogens is 1. The summed E-state index contributed by atoms with van der Waals surface area (Å²) in [5.74, 6) is -0.188. The molecule has 0 spiro atoms. The molecule has 156 valence electrons. The van der Waals surface area contributed by atoms with Crippen LogP contribution in [0.5, 0.6) is 5.75 Å². The molecular formula is C22H26FNO4S. The molecule has 0 unspecified atom stereocenters. The first kappa shape index (κ1) is 21.3. The molecule has 0 saturated carbocycles. The summed E-state index contributed by atoms with van der Waals surface area (Å²) >= 11 is 0. The maximum absolute atomic E-state index is 14.2. The number of rotatable bonds is 6. The maximum Gasteiger partial charge on any atom is 0.261 e. The Bertz CT molecular complexity index is 996. The summed E-state index contributed by atoms with van der Waals surface area (Å²) in [6, 6.07) is 9.70. The molecule has 2 aromatic rings. The van der Waals surface area contributed by atoms with E-state index in [1.54, 1.807) is 18.2 Å². The van der Waals surface area contributed by atoms with E-state index in [9.17, 15) is 17.6 Å². The first-order valence-corrected chi connectivity index (χ1v) is 11.4. The lowest BCUT2D eigenvalue weighted by Gasteiger charge is -2.29. The second-order valence-electron chi connectivity index (χ2n) is 7.69. The Morgan fingerprint density at radius 1 is 1.17 bits per heavy atom. The summed E-state index contributed by atoms with van der Waals surface area (Å²) in [4.78, 5) is 14.4. The number of benzene rings is 2. The fourth-order valence-electron chi connectivity index (χ4n) is 3.86. The van der Waals surface area contributed by atoms with Crippen LogP contribution in [0.4, 0.5) is 4.39 Å². The first-order chi connectivity index (χ1) is 13.7. The SMILES string of the molecule is Cc1cc(C)c(OCC(=O)N(Cc2ccccc2F)[C@H]2CCS(=O)(=O)C2)c(C)c1. The Morgan fingerprint density at radius 2 is 1.83 bits per heavy atom. The minimum atomic E-state index is -3.19. The number of hydrogen-bond donors (Lipinski definition) is 0. The summed E-state index contributed by atoms with van der Waals surface area (Å²) in [6.07, 6.45) is 0.352. The fraction of sp³-hybridized carbons (Fsp3) is 0.409. The Labute approximate surface area is 171 Å². The van der Waals surface area contributed by atoms with E-state index in [0.717, 1.165) is 16.7 Å². The van der Waals surface area contributed by atoms with Gasteiger partial charge in [0.25, 0.3) is 5.91 Å². The van der Waals surface area contributed by atoms with Crippen molar-refractivity contribution in [3.63, 3.8) is 0 Å². The second-order valence-corrected chi connectivity index (χ2v) is 9.92. The average molecular weight is 420 g/mol. The number of ether oxygens (including phenoxy) is 1. The van der Waals surface area contributed by atoms with Crippen molar-refractivity contribution < 1.29 is 22.3 Å². The van der Waals surface area contributed by atoms with Crippen LogP contribution in [-0.4, -0.2) is 43.4 Å². The lowest BCUT2D eigenvalue weighted by Crippen LogP contribution is -2.43. The van der Waals surface area contributed by atoms with Gasteiger partial charge in [-0.25, -0.2) is 12.8 Å². The van der Waals surface area contributed by atoms with Gasteiger partial charge >= 0.3 is 0 Å². The first-order valence-electron chi connectivity index (χ1n) is 9.60. The van der Waals surface area contributed by atoms with Crippen molar-refractivity contribution in [2.24, 2.45) is 0 Å². The van der Waals surface area contributed by atoms with Gasteiger partial charge in [0.15, 0.2) is 16.4 Å². The quantitative estimate of drug-likeness (QED) is 0.720. The van der Waals surface area contributed by atoms with Gasteiger partial charge < -0.3 is 9.64 Å². The summed E-state index contributed by atoms with van der Waals surface area (Å²) in [5, 5.41) is 0. The molecule has 0 bridgehead atoms. The number of carbonyl (C=O) groups is 1. The smallest absolute Gasteiger partial charge is 0.261 e. The summed E-state index contributed by atoms with van der Waals surface area (Å²) < 4.78 is 43.9. The molecule has 7 heteroatoms. The zero-order valence-corrected chi connectivity index (χ0v) is 17.8. The van der Waals surface area contributed by atoms with Gasteiger partial charge in [-0.3, -0.25) is 4.79 Å². The highest BCUT2D eigenvalue weighted by atomic mass is 32.2. The highest BCUT2D eigenvalue weighted by molar-refractivity contribution is 7.91. The monoisotopic (exact) mass is 419 g/mol. The standard InChI is InChI=1S/C22H26FNO4S/c1-15-10-16(2)22(17(3)11-15)28-13-21(25)24(19-8-9-29(26,27)14-19)12-18-6-4-5-7-20(18)23/h4-7,10-11,19H,8-9,12-14H2,1-3H3/t19-/m0/s1. The highest BCUT2D eigenvalue weighted by Crippen LogP contribution is 2.26. The van der Waals surface area contributed by atoms with Gasteiger partial charge in [-0.15, -0.1) is 0 Å². The van der Waals surface area contributed by atoms with E-state index in [1.165, 1.54) is 11.0 Å². The molecule has 0 aliphatic carbocycles. The van der Waals surface area contributed by atoms with Crippen LogP contribution in [0.25, 0.3) is 0 Å². The highest BCUT2D eigenvalue weighted by Gasteiger charge is 2.35. The lowest BCUT2D eigenvalue weighted by atomic mass is 10.1. The van der Waals surface area contributed by atoms with Gasteiger partial charge in [-0.05, 0) is 44.4 Å². The maximum atomic E-state index is 14.2. The predicted octanol–water partition coefficient (Wildman–Crippen LogP) is 3.35. The van der Waals surface area contributed by atoms with Crippen LogP contribution < -0.4 is 4.74 Å². The van der Waals surface area contributed by atoms with Gasteiger partial charge in [0.1, 0.15) is 11.6 Å². The van der Waals surface area contributed by atoms with Crippen molar-refractivity contribution in [2.75, 3.05) is 18.1 Å². The van der Waals surface area contributed by atoms with Crippen LogP contribution in [0.15, 0.2) is 36.4 Å². The Kier molecular flexibility index (Phi) is 6.27. The third kappa shape index (κ3) is 5.15. The van der Waals surface area contributed by atoms with Gasteiger partial charge in [0.05, 0.1) is 11.5 Å². The summed E-state index contributed by atoms with van der Waals surface area (Å²) in [7, 11) is -3.19. The molecular weight excluding hydrogens is 393 g/mol. The third-order valence-electron chi connectivity index (χ3n) is 5.21. The molecule has 1 saturated heterocycles. The largest absolute Gasteiger partial charge is 0.483 e. The van der Waals surface area contributed by atoms with Crippen LogP contribution in [0.3, 0.4) is 0 Å². The summed E-state index contributed by atoms with van der Waals surface area (Å²) in [6.45, 7) is 5.61. The molecule has 1 amide bonds. The zero-order valence-electron chi connectivity index (χ0n) is 16.9. The second kappa shape index (κ2) is 8.53. The van der Waals surface area contributed by atoms with Gasteiger partial charge in [0, 0.05) is 18.2 Å². The molecule has 29 heavy (non-hydrogen) atoms. The van der Waals surface area contributed by atoms with Crippen molar-refractivity contribution in [1.82, 2.24) is 4.90 Å². The zero-order chi connectivity index (χ0) is 21.2. The molecule has 0 radical (unpaired) electrons. The van der Waals surface area contributed by atoms with Crippen LogP contribution in [0.1, 0.15) is 28.7 Å². The van der Waals surface area contributed by atoms with Crippen molar-refractivity contribution in [3.05, 3.63) is 64.5 Å². The van der Waals surface area contributed by atoms with Gasteiger partial charge in [0.2, 0.25) is 0 Å². The molecule has 1 fully saturated rings. The normalized spacial score (nSPS) is 17.9. The Morgan fingerprint density at radius 3 is 2.41 bits per heavy atom. The fourth-order valence-corrected chi connectivity index (χ4v) is 5.59. The molecule has 3 rings (SSSR count). The van der Waals surface area contributed by atoms with Crippen molar-refractivity contribution in [1.29, 1.82) is 0 Å². The Hall–Kier alpha value is -2.41. The van der Waals surface area contributed by atoms with E-state index in [2.05, 4.69) is 0 Å². The minimum absolute atomic E-state index is 0.0148. The van der Waals surface area contributed by atoms with E-state index in [0.29, 0.717) is 17.7 Å². The molecule has 0 N–H and O–H groups in total. The number of amides is 1. The molecule has 1 aliphatic rings. The van der Waals surface area contributed by atoms with E-state index in [1.807, 2.05) is 32.9 Å². The van der Waals surface area contributed by atoms with E-state index in [-0.39, 0.29) is 30.6 Å². The summed E-state index contributed by atoms with van der Waals surface area (Å²) in [5.41, 5.74) is 3.32. The van der Waals surface area contributed by atoms with Crippen molar-refractivity contribution in [3.8, 4) is 5.75 Å². The molecule has 1 atom stereocenters. The number of aryl methyl sites for hydroxylation is 3. The molecule has 0 aromatic heterocycles. The van der Waals surface area contributed by atoms with E-state index in [4.69, 9.17) is 4.74 Å². The third-order valence-corrected chi connectivity index (χ3v) is 6.96. The minimum Gasteiger partial charge on any atom is -0.483 e. The molecule has 5 nitrogen and oxygen atoms in total. The van der Waals surface area contributed by atoms with Crippen LogP contribution in [0.2, 0.25) is 0 Å². The number of carbonyl (C=O) groups excluding carboxylic acids is 1. The van der Waals surface area contributed by atoms with Crippen LogP contribution in [0, 0.1) is 26.6 Å². The molecule has 2 aromatic carbocycles. The average Bonchev–Trinajstić information content (AvgIpc) is 2.99. The molecule has 1 heterocycles. The van der Waals surface area contributed by atoms with Gasteiger partial charge in [-0.2, -0.15) is 0 Å². The topological polar surface area (TPSA) is 63.7 Å². The lowest BCUT2D eigenvalue weighted by molar-refractivity contribution is -0.136.